The number of fused-ring (bicyclic) bond motifs is 3. The van der Waals surface area contributed by atoms with E-state index in [0.29, 0.717) is 6.42 Å². The normalized spacial score (nSPS) is 11.4. The van der Waals surface area contributed by atoms with Crippen LogP contribution >= 0.6 is 12.4 Å². The molecule has 128 valence electrons. The molecule has 24 heavy (non-hydrogen) atoms. The van der Waals surface area contributed by atoms with Crippen LogP contribution in [0.2, 0.25) is 0 Å². The fourth-order valence-electron chi connectivity index (χ4n) is 3.23. The molecule has 0 unspecified atom stereocenters. The highest BCUT2D eigenvalue weighted by Gasteiger charge is 2.18. The third kappa shape index (κ3) is 4.37. The Hall–Kier alpha value is -1.84. The predicted molar refractivity (Wildman–Crippen MR) is 103 cm³/mol. The molecule has 0 saturated heterocycles. The minimum atomic E-state index is 0. The zero-order valence-electron chi connectivity index (χ0n) is 13.9. The summed E-state index contributed by atoms with van der Waals surface area (Å²) in [6.45, 7) is 0.740. The number of nitrogens with two attached hydrogens (primary N) is 1. The number of nitrogens with one attached hydrogen (secondary N) is 1. The molecular formula is C20H25ClN2O. The van der Waals surface area contributed by atoms with Crippen LogP contribution in [0.5, 0.6) is 0 Å². The minimum Gasteiger partial charge on any atom is -0.330 e. The Labute approximate surface area is 150 Å². The van der Waals surface area contributed by atoms with Gasteiger partial charge in [0, 0.05) is 12.1 Å². The molecule has 0 heterocycles. The molecular weight excluding hydrogens is 320 g/mol. The molecule has 0 saturated carbocycles. The summed E-state index contributed by atoms with van der Waals surface area (Å²) in [5.74, 6) is 0.105. The van der Waals surface area contributed by atoms with Gasteiger partial charge in [0.15, 0.2) is 0 Å². The second-order valence-corrected chi connectivity index (χ2v) is 6.21. The first-order valence-corrected chi connectivity index (χ1v) is 8.49. The van der Waals surface area contributed by atoms with Gasteiger partial charge in [-0.25, -0.2) is 0 Å². The Kier molecular flexibility index (Phi) is 6.83. The van der Waals surface area contributed by atoms with Gasteiger partial charge >= 0.3 is 0 Å². The van der Waals surface area contributed by atoms with Crippen molar-refractivity contribution in [3.05, 3.63) is 53.6 Å². The van der Waals surface area contributed by atoms with Crippen molar-refractivity contribution < 1.29 is 4.79 Å². The summed E-state index contributed by atoms with van der Waals surface area (Å²) < 4.78 is 0. The Morgan fingerprint density at radius 1 is 0.958 bits per heavy atom. The van der Waals surface area contributed by atoms with E-state index in [9.17, 15) is 4.79 Å². The van der Waals surface area contributed by atoms with Crippen LogP contribution in [-0.4, -0.2) is 12.5 Å². The third-order valence-corrected chi connectivity index (χ3v) is 4.44. The lowest BCUT2D eigenvalue weighted by Gasteiger charge is -2.08. The van der Waals surface area contributed by atoms with E-state index in [2.05, 4.69) is 41.7 Å². The summed E-state index contributed by atoms with van der Waals surface area (Å²) in [6, 6.07) is 14.7. The second kappa shape index (κ2) is 8.86. The quantitative estimate of drug-likeness (QED) is 0.619. The Balaban J connectivity index is 0.00000208. The van der Waals surface area contributed by atoms with Crippen LogP contribution in [0.3, 0.4) is 0 Å². The number of unbranched alkanes of at least 4 members (excludes halogenated alkanes) is 3. The maximum absolute atomic E-state index is 12.0. The number of anilines is 1. The number of benzene rings is 2. The number of amides is 1. The lowest BCUT2D eigenvalue weighted by atomic mass is 10.1. The van der Waals surface area contributed by atoms with Gasteiger partial charge in [0.25, 0.3) is 0 Å². The number of carbonyl (C=O) groups excluding carboxylic acids is 1. The van der Waals surface area contributed by atoms with Gasteiger partial charge in [0.05, 0.1) is 0 Å². The van der Waals surface area contributed by atoms with Gasteiger partial charge < -0.3 is 11.1 Å². The molecule has 2 aromatic carbocycles. The lowest BCUT2D eigenvalue weighted by molar-refractivity contribution is -0.116. The molecule has 2 aromatic rings. The molecule has 0 aliphatic heterocycles. The Morgan fingerprint density at radius 3 is 2.54 bits per heavy atom. The fraction of sp³-hybridized carbons (Fsp3) is 0.350. The molecule has 1 amide bonds. The van der Waals surface area contributed by atoms with Gasteiger partial charge in [-0.15, -0.1) is 12.4 Å². The van der Waals surface area contributed by atoms with E-state index < -0.39 is 0 Å². The van der Waals surface area contributed by atoms with E-state index >= 15 is 0 Å². The fourth-order valence-corrected chi connectivity index (χ4v) is 3.23. The Morgan fingerprint density at radius 2 is 1.71 bits per heavy atom. The molecule has 0 aromatic heterocycles. The van der Waals surface area contributed by atoms with Gasteiger partial charge in [-0.05, 0) is 60.2 Å². The average molecular weight is 345 g/mol. The summed E-state index contributed by atoms with van der Waals surface area (Å²) in [5.41, 5.74) is 11.7. The van der Waals surface area contributed by atoms with E-state index in [1.54, 1.807) is 0 Å². The number of halogens is 1. The second-order valence-electron chi connectivity index (χ2n) is 6.21. The summed E-state index contributed by atoms with van der Waals surface area (Å²) in [6.07, 6.45) is 5.70. The van der Waals surface area contributed by atoms with Crippen LogP contribution in [0.15, 0.2) is 42.5 Å². The first kappa shape index (κ1) is 18.5. The van der Waals surface area contributed by atoms with E-state index in [4.69, 9.17) is 5.73 Å². The van der Waals surface area contributed by atoms with Crippen LogP contribution < -0.4 is 11.1 Å². The molecule has 3 rings (SSSR count). The molecule has 0 bridgehead atoms. The molecule has 4 heteroatoms. The van der Waals surface area contributed by atoms with Crippen molar-refractivity contribution in [3.63, 3.8) is 0 Å². The van der Waals surface area contributed by atoms with Crippen LogP contribution in [0, 0.1) is 0 Å². The highest BCUT2D eigenvalue weighted by atomic mass is 35.5. The highest BCUT2D eigenvalue weighted by molar-refractivity contribution is 5.91. The summed E-state index contributed by atoms with van der Waals surface area (Å²) in [7, 11) is 0. The van der Waals surface area contributed by atoms with E-state index in [-0.39, 0.29) is 18.3 Å². The topological polar surface area (TPSA) is 55.1 Å². The molecule has 0 atom stereocenters. The molecule has 3 nitrogen and oxygen atoms in total. The predicted octanol–water partition coefficient (Wildman–Crippen LogP) is 4.53. The largest absolute Gasteiger partial charge is 0.330 e. The smallest absolute Gasteiger partial charge is 0.224 e. The van der Waals surface area contributed by atoms with Crippen LogP contribution in [0.25, 0.3) is 11.1 Å². The van der Waals surface area contributed by atoms with Crippen LogP contribution in [0.4, 0.5) is 5.69 Å². The van der Waals surface area contributed by atoms with Crippen molar-refractivity contribution in [2.75, 3.05) is 11.9 Å². The van der Waals surface area contributed by atoms with E-state index in [1.165, 1.54) is 22.3 Å². The highest BCUT2D eigenvalue weighted by Crippen LogP contribution is 2.37. The van der Waals surface area contributed by atoms with Crippen molar-refractivity contribution >= 4 is 24.0 Å². The lowest BCUT2D eigenvalue weighted by Crippen LogP contribution is -2.11. The number of hydrogen-bond acceptors (Lipinski definition) is 2. The van der Waals surface area contributed by atoms with Crippen molar-refractivity contribution in [3.8, 4) is 11.1 Å². The molecule has 1 aliphatic carbocycles. The summed E-state index contributed by atoms with van der Waals surface area (Å²) >= 11 is 0. The van der Waals surface area contributed by atoms with Crippen molar-refractivity contribution in [2.24, 2.45) is 5.73 Å². The summed E-state index contributed by atoms with van der Waals surface area (Å²) in [4.78, 5) is 12.0. The SMILES string of the molecule is Cl.NCCCCCCC(=O)Nc1ccc2c(c1)Cc1ccccc1-2. The summed E-state index contributed by atoms with van der Waals surface area (Å²) in [5, 5.41) is 3.03. The monoisotopic (exact) mass is 344 g/mol. The van der Waals surface area contributed by atoms with Crippen molar-refractivity contribution in [1.82, 2.24) is 0 Å². The van der Waals surface area contributed by atoms with Gasteiger partial charge in [0.1, 0.15) is 0 Å². The van der Waals surface area contributed by atoms with E-state index in [1.807, 2.05) is 6.07 Å². The first-order valence-electron chi connectivity index (χ1n) is 8.49. The minimum absolute atomic E-state index is 0. The first-order chi connectivity index (χ1) is 11.3. The van der Waals surface area contributed by atoms with Gasteiger partial charge in [-0.3, -0.25) is 4.79 Å². The number of hydrogen-bond donors (Lipinski definition) is 2. The molecule has 3 N–H and O–H groups in total. The number of carbonyl (C=O) groups is 1. The van der Waals surface area contributed by atoms with Gasteiger partial charge in [-0.2, -0.15) is 0 Å². The molecule has 0 fully saturated rings. The third-order valence-electron chi connectivity index (χ3n) is 4.44. The van der Waals surface area contributed by atoms with Crippen molar-refractivity contribution in [1.29, 1.82) is 0 Å². The molecule has 1 aliphatic rings. The Bertz CT molecular complexity index is 700. The molecule has 0 spiro atoms. The van der Waals surface area contributed by atoms with Crippen LogP contribution in [-0.2, 0) is 11.2 Å². The zero-order chi connectivity index (χ0) is 16.1. The maximum Gasteiger partial charge on any atom is 0.224 e. The van der Waals surface area contributed by atoms with Gasteiger partial charge in [0.2, 0.25) is 5.91 Å². The zero-order valence-corrected chi connectivity index (χ0v) is 14.7. The van der Waals surface area contributed by atoms with E-state index in [0.717, 1.165) is 44.3 Å². The number of rotatable bonds is 7. The molecule has 0 radical (unpaired) electrons. The standard InChI is InChI=1S/C20H24N2O.ClH/c21-12-6-2-1-3-9-20(23)22-17-10-11-19-16(14-17)13-15-7-4-5-8-18(15)19;/h4-5,7-8,10-11,14H,1-3,6,9,12-13,21H2,(H,22,23);1H. The maximum atomic E-state index is 12.0. The van der Waals surface area contributed by atoms with Crippen LogP contribution in [0.1, 0.15) is 43.2 Å². The van der Waals surface area contributed by atoms with Gasteiger partial charge in [-0.1, -0.05) is 43.2 Å². The average Bonchev–Trinajstić information content (AvgIpc) is 2.92. The van der Waals surface area contributed by atoms with Crippen molar-refractivity contribution in [2.45, 2.75) is 38.5 Å².